The molecular formula is C22H25N3O2. The Balaban J connectivity index is 1.97. The molecule has 0 aliphatic heterocycles. The quantitative estimate of drug-likeness (QED) is 0.735. The lowest BCUT2D eigenvalue weighted by atomic mass is 9.70. The van der Waals surface area contributed by atoms with Crippen molar-refractivity contribution >= 4 is 0 Å². The SMILES string of the molecule is CCOc1ccc(-c2ccc(C(O)(c3cncnc3)C(C)(C)C)nc2)cc1. The molecule has 27 heavy (non-hydrogen) atoms. The molecule has 5 heteroatoms. The number of aliphatic hydroxyl groups is 1. The first-order chi connectivity index (χ1) is 12.9. The van der Waals surface area contributed by atoms with Gasteiger partial charge in [-0.05, 0) is 30.7 Å². The van der Waals surface area contributed by atoms with E-state index in [0.717, 1.165) is 16.9 Å². The molecule has 0 aliphatic rings. The van der Waals surface area contributed by atoms with Crippen molar-refractivity contribution in [3.63, 3.8) is 0 Å². The van der Waals surface area contributed by atoms with E-state index >= 15 is 0 Å². The van der Waals surface area contributed by atoms with E-state index in [1.807, 2.05) is 64.1 Å². The summed E-state index contributed by atoms with van der Waals surface area (Å²) in [5, 5.41) is 11.6. The average Bonchev–Trinajstić information content (AvgIpc) is 2.68. The predicted molar refractivity (Wildman–Crippen MR) is 105 cm³/mol. The molecule has 2 heterocycles. The zero-order valence-corrected chi connectivity index (χ0v) is 16.2. The standard InChI is InChI=1S/C22H25N3O2/c1-5-27-19-9-6-16(7-10-19)17-8-11-20(25-12-17)22(26,21(2,3)4)18-13-23-15-24-14-18/h6-15,26H,5H2,1-4H3. The minimum atomic E-state index is -1.30. The van der Waals surface area contributed by atoms with Crippen LogP contribution in [0.4, 0.5) is 0 Å². The molecule has 1 atom stereocenters. The van der Waals surface area contributed by atoms with Gasteiger partial charge in [0.15, 0.2) is 0 Å². The van der Waals surface area contributed by atoms with E-state index in [4.69, 9.17) is 4.74 Å². The first-order valence-electron chi connectivity index (χ1n) is 9.04. The van der Waals surface area contributed by atoms with Crippen LogP contribution in [0, 0.1) is 5.41 Å². The van der Waals surface area contributed by atoms with Crippen molar-refractivity contribution in [3.8, 4) is 16.9 Å². The molecule has 2 aromatic heterocycles. The maximum atomic E-state index is 11.6. The van der Waals surface area contributed by atoms with Crippen molar-refractivity contribution < 1.29 is 9.84 Å². The Morgan fingerprint density at radius 1 is 0.889 bits per heavy atom. The van der Waals surface area contributed by atoms with Crippen LogP contribution in [0.1, 0.15) is 39.0 Å². The molecule has 0 spiro atoms. The van der Waals surface area contributed by atoms with Gasteiger partial charge in [-0.2, -0.15) is 0 Å². The van der Waals surface area contributed by atoms with Crippen LogP contribution < -0.4 is 4.74 Å². The number of rotatable bonds is 5. The Kier molecular flexibility index (Phi) is 5.24. The first kappa shape index (κ1) is 19.0. The lowest BCUT2D eigenvalue weighted by molar-refractivity contribution is -0.0301. The summed E-state index contributed by atoms with van der Waals surface area (Å²) in [5.74, 6) is 0.844. The number of nitrogens with zero attached hydrogens (tertiary/aromatic N) is 3. The van der Waals surface area contributed by atoms with Crippen molar-refractivity contribution in [2.45, 2.75) is 33.3 Å². The van der Waals surface area contributed by atoms with Crippen LogP contribution in [-0.4, -0.2) is 26.7 Å². The van der Waals surface area contributed by atoms with Crippen LogP contribution in [0.15, 0.2) is 61.3 Å². The van der Waals surface area contributed by atoms with E-state index in [1.54, 1.807) is 18.6 Å². The highest BCUT2D eigenvalue weighted by molar-refractivity contribution is 5.63. The molecular weight excluding hydrogens is 338 g/mol. The molecule has 5 nitrogen and oxygen atoms in total. The van der Waals surface area contributed by atoms with Crippen molar-refractivity contribution in [3.05, 3.63) is 72.6 Å². The van der Waals surface area contributed by atoms with Crippen LogP contribution in [0.25, 0.3) is 11.1 Å². The summed E-state index contributed by atoms with van der Waals surface area (Å²) in [6.45, 7) is 8.53. The summed E-state index contributed by atoms with van der Waals surface area (Å²) in [5.41, 5.74) is 1.41. The highest BCUT2D eigenvalue weighted by Crippen LogP contribution is 2.43. The smallest absolute Gasteiger partial charge is 0.139 e. The van der Waals surface area contributed by atoms with Gasteiger partial charge in [0.1, 0.15) is 17.7 Å². The normalized spacial score (nSPS) is 13.8. The van der Waals surface area contributed by atoms with Gasteiger partial charge in [0.2, 0.25) is 0 Å². The molecule has 0 amide bonds. The third kappa shape index (κ3) is 3.69. The highest BCUT2D eigenvalue weighted by atomic mass is 16.5. The van der Waals surface area contributed by atoms with Crippen LogP contribution >= 0.6 is 0 Å². The molecule has 140 valence electrons. The third-order valence-corrected chi connectivity index (χ3v) is 4.70. The van der Waals surface area contributed by atoms with E-state index in [2.05, 4.69) is 15.0 Å². The minimum Gasteiger partial charge on any atom is -0.494 e. The second kappa shape index (κ2) is 7.45. The summed E-state index contributed by atoms with van der Waals surface area (Å²) >= 11 is 0. The molecule has 0 fully saturated rings. The van der Waals surface area contributed by atoms with Gasteiger partial charge in [-0.3, -0.25) is 4.98 Å². The van der Waals surface area contributed by atoms with E-state index in [1.165, 1.54) is 6.33 Å². The van der Waals surface area contributed by atoms with Gasteiger partial charge >= 0.3 is 0 Å². The summed E-state index contributed by atoms with van der Waals surface area (Å²) in [6, 6.07) is 11.7. The number of hydrogen-bond acceptors (Lipinski definition) is 5. The maximum Gasteiger partial charge on any atom is 0.139 e. The minimum absolute atomic E-state index is 0.495. The van der Waals surface area contributed by atoms with Gasteiger partial charge in [0.25, 0.3) is 0 Å². The summed E-state index contributed by atoms with van der Waals surface area (Å²) < 4.78 is 5.49. The number of pyridine rings is 1. The zero-order chi connectivity index (χ0) is 19.5. The first-order valence-corrected chi connectivity index (χ1v) is 9.04. The second-order valence-corrected chi connectivity index (χ2v) is 7.48. The summed E-state index contributed by atoms with van der Waals surface area (Å²) in [7, 11) is 0. The molecule has 1 N–H and O–H groups in total. The molecule has 1 unspecified atom stereocenters. The predicted octanol–water partition coefficient (Wildman–Crippen LogP) is 4.22. The number of ether oxygens (including phenoxy) is 1. The Bertz CT molecular complexity index is 872. The fraction of sp³-hybridized carbons (Fsp3) is 0.318. The van der Waals surface area contributed by atoms with Crippen molar-refractivity contribution in [2.75, 3.05) is 6.61 Å². The molecule has 3 rings (SSSR count). The van der Waals surface area contributed by atoms with Gasteiger partial charge in [-0.15, -0.1) is 0 Å². The lowest BCUT2D eigenvalue weighted by Gasteiger charge is -2.39. The molecule has 3 aromatic rings. The molecule has 0 aliphatic carbocycles. The van der Waals surface area contributed by atoms with Crippen molar-refractivity contribution in [1.82, 2.24) is 15.0 Å². The highest BCUT2D eigenvalue weighted by Gasteiger charge is 2.45. The van der Waals surface area contributed by atoms with Crippen LogP contribution in [0.5, 0.6) is 5.75 Å². The number of aromatic nitrogens is 3. The van der Waals surface area contributed by atoms with E-state index < -0.39 is 11.0 Å². The molecule has 0 bridgehead atoms. The van der Waals surface area contributed by atoms with Gasteiger partial charge in [-0.25, -0.2) is 9.97 Å². The molecule has 0 radical (unpaired) electrons. The van der Waals surface area contributed by atoms with Gasteiger partial charge in [-0.1, -0.05) is 39.0 Å². The Morgan fingerprint density at radius 3 is 2.04 bits per heavy atom. The molecule has 0 saturated heterocycles. The lowest BCUT2D eigenvalue weighted by Crippen LogP contribution is -2.42. The Hall–Kier alpha value is -2.79. The van der Waals surface area contributed by atoms with E-state index in [-0.39, 0.29) is 0 Å². The molecule has 1 aromatic carbocycles. The topological polar surface area (TPSA) is 68.1 Å². The van der Waals surface area contributed by atoms with E-state index in [0.29, 0.717) is 17.9 Å². The zero-order valence-electron chi connectivity index (χ0n) is 16.2. The Labute approximate surface area is 160 Å². The Morgan fingerprint density at radius 2 is 1.52 bits per heavy atom. The van der Waals surface area contributed by atoms with Crippen LogP contribution in [-0.2, 0) is 5.60 Å². The van der Waals surface area contributed by atoms with Crippen LogP contribution in [0.3, 0.4) is 0 Å². The average molecular weight is 363 g/mol. The van der Waals surface area contributed by atoms with Crippen molar-refractivity contribution in [1.29, 1.82) is 0 Å². The largest absolute Gasteiger partial charge is 0.494 e. The van der Waals surface area contributed by atoms with Crippen LogP contribution in [0.2, 0.25) is 0 Å². The fourth-order valence-electron chi connectivity index (χ4n) is 3.14. The monoisotopic (exact) mass is 363 g/mol. The van der Waals surface area contributed by atoms with Gasteiger partial charge in [0.05, 0.1) is 12.3 Å². The van der Waals surface area contributed by atoms with Crippen molar-refractivity contribution in [2.24, 2.45) is 5.41 Å². The number of benzene rings is 1. The van der Waals surface area contributed by atoms with E-state index in [9.17, 15) is 5.11 Å². The number of hydrogen-bond donors (Lipinski definition) is 1. The maximum absolute atomic E-state index is 11.6. The molecule has 0 saturated carbocycles. The van der Waals surface area contributed by atoms with Gasteiger partial charge in [0, 0.05) is 35.1 Å². The third-order valence-electron chi connectivity index (χ3n) is 4.70. The fourth-order valence-corrected chi connectivity index (χ4v) is 3.14. The summed E-state index contributed by atoms with van der Waals surface area (Å²) in [6.07, 6.45) is 6.52. The van der Waals surface area contributed by atoms with Gasteiger partial charge < -0.3 is 9.84 Å². The summed E-state index contributed by atoms with van der Waals surface area (Å²) in [4.78, 5) is 12.7. The second-order valence-electron chi connectivity index (χ2n) is 7.48.